The highest BCUT2D eigenvalue weighted by Gasteiger charge is 2.21. The van der Waals surface area contributed by atoms with Gasteiger partial charge >= 0.3 is 0 Å². The molecule has 0 saturated heterocycles. The zero-order valence-electron chi connectivity index (χ0n) is 11.6. The number of hydrogen-bond donors (Lipinski definition) is 1. The van der Waals surface area contributed by atoms with Gasteiger partial charge in [-0.25, -0.2) is 0 Å². The molecule has 0 fully saturated rings. The first-order valence-electron chi connectivity index (χ1n) is 6.51. The number of nitrogens with two attached hydrogens (primary N) is 1. The zero-order chi connectivity index (χ0) is 14.5. The summed E-state index contributed by atoms with van der Waals surface area (Å²) in [6, 6.07) is 3.51. The Hall–Kier alpha value is -1.73. The van der Waals surface area contributed by atoms with Crippen LogP contribution in [-0.2, 0) is 11.3 Å². The summed E-state index contributed by atoms with van der Waals surface area (Å²) in [6.45, 7) is 5.01. The van der Waals surface area contributed by atoms with Gasteiger partial charge < -0.3 is 10.2 Å². The van der Waals surface area contributed by atoms with Crippen LogP contribution in [0.2, 0.25) is 0 Å². The molecule has 2 aromatic heterocycles. The van der Waals surface area contributed by atoms with Crippen molar-refractivity contribution < 1.29 is 9.21 Å². The molecule has 2 N–H and O–H groups in total. The summed E-state index contributed by atoms with van der Waals surface area (Å²) >= 11 is 1.55. The summed E-state index contributed by atoms with van der Waals surface area (Å²) in [5, 5.41) is 10.0. The summed E-state index contributed by atoms with van der Waals surface area (Å²) in [6.07, 6.45) is 0.920. The molecule has 7 heteroatoms. The molecule has 0 aliphatic rings. The predicted molar refractivity (Wildman–Crippen MR) is 77.0 cm³/mol. The average Bonchev–Trinajstić information content (AvgIpc) is 3.07. The van der Waals surface area contributed by atoms with E-state index in [1.54, 1.807) is 18.3 Å². The molecule has 0 aliphatic carbocycles. The lowest BCUT2D eigenvalue weighted by Crippen LogP contribution is -2.42. The van der Waals surface area contributed by atoms with Gasteiger partial charge in [0.05, 0.1) is 17.5 Å². The van der Waals surface area contributed by atoms with E-state index in [0.29, 0.717) is 18.3 Å². The normalized spacial score (nSPS) is 12.8. The third-order valence-corrected chi connectivity index (χ3v) is 3.87. The van der Waals surface area contributed by atoms with Crippen LogP contribution in [0.3, 0.4) is 0 Å². The molecule has 0 unspecified atom stereocenters. The van der Waals surface area contributed by atoms with Crippen molar-refractivity contribution in [1.82, 2.24) is 15.1 Å². The molecule has 0 bridgehead atoms. The first kappa shape index (κ1) is 14.7. The number of thiophene rings is 1. The summed E-state index contributed by atoms with van der Waals surface area (Å²) in [4.78, 5) is 14.2. The maximum atomic E-state index is 11.3. The molecule has 0 aromatic carbocycles. The second-order valence-corrected chi connectivity index (χ2v) is 5.47. The number of carbonyl (C=O) groups is 1. The molecule has 6 nitrogen and oxygen atoms in total. The fourth-order valence-electron chi connectivity index (χ4n) is 1.87. The minimum absolute atomic E-state index is 0.351. The lowest BCUT2D eigenvalue weighted by molar-refractivity contribution is -0.123. The zero-order valence-corrected chi connectivity index (χ0v) is 12.4. The Balaban J connectivity index is 2.09. The van der Waals surface area contributed by atoms with Crippen molar-refractivity contribution in [2.24, 2.45) is 5.73 Å². The number of aromatic nitrogens is 2. The van der Waals surface area contributed by atoms with Gasteiger partial charge in [0.1, 0.15) is 0 Å². The minimum Gasteiger partial charge on any atom is -0.419 e. The summed E-state index contributed by atoms with van der Waals surface area (Å²) in [5.74, 6) is 0.657. The van der Waals surface area contributed by atoms with Crippen molar-refractivity contribution in [2.75, 3.05) is 6.54 Å². The second-order valence-electron chi connectivity index (χ2n) is 4.53. The Morgan fingerprint density at radius 2 is 2.35 bits per heavy atom. The fourth-order valence-corrected chi connectivity index (χ4v) is 2.51. The maximum absolute atomic E-state index is 11.3. The monoisotopic (exact) mass is 294 g/mol. The van der Waals surface area contributed by atoms with E-state index in [2.05, 4.69) is 10.2 Å². The first-order valence-corrected chi connectivity index (χ1v) is 7.39. The van der Waals surface area contributed by atoms with Crippen LogP contribution in [0.15, 0.2) is 21.9 Å². The number of hydrogen-bond acceptors (Lipinski definition) is 6. The van der Waals surface area contributed by atoms with E-state index in [-0.39, 0.29) is 11.9 Å². The fraction of sp³-hybridized carbons (Fsp3) is 0.462. The average molecular weight is 294 g/mol. The van der Waals surface area contributed by atoms with Crippen LogP contribution < -0.4 is 5.73 Å². The largest absolute Gasteiger partial charge is 0.419 e. The SMILES string of the molecule is CCCN(Cc1nnc(-c2cccs2)o1)[C@H](C)C(N)=O. The van der Waals surface area contributed by atoms with Gasteiger partial charge in [0, 0.05) is 0 Å². The Bertz CT molecular complexity index is 552. The molecule has 2 heterocycles. The Morgan fingerprint density at radius 3 is 2.95 bits per heavy atom. The molecule has 2 rings (SSSR count). The molecule has 1 amide bonds. The number of primary amides is 1. The Labute approximate surface area is 121 Å². The smallest absolute Gasteiger partial charge is 0.257 e. The van der Waals surface area contributed by atoms with Crippen molar-refractivity contribution in [2.45, 2.75) is 32.9 Å². The van der Waals surface area contributed by atoms with Gasteiger partial charge in [-0.05, 0) is 31.3 Å². The number of nitrogens with zero attached hydrogens (tertiary/aromatic N) is 3. The highest BCUT2D eigenvalue weighted by atomic mass is 32.1. The van der Waals surface area contributed by atoms with E-state index in [0.717, 1.165) is 17.8 Å². The Morgan fingerprint density at radius 1 is 1.55 bits per heavy atom. The molecule has 2 aromatic rings. The van der Waals surface area contributed by atoms with Gasteiger partial charge in [-0.3, -0.25) is 9.69 Å². The molecule has 108 valence electrons. The summed E-state index contributed by atoms with van der Waals surface area (Å²) in [5.41, 5.74) is 5.36. The minimum atomic E-state index is -0.355. The van der Waals surface area contributed by atoms with Crippen molar-refractivity contribution in [3.05, 3.63) is 23.4 Å². The highest BCUT2D eigenvalue weighted by molar-refractivity contribution is 7.13. The molecule has 0 spiro atoms. The van der Waals surface area contributed by atoms with Crippen molar-refractivity contribution in [3.8, 4) is 10.8 Å². The number of rotatable bonds is 7. The van der Waals surface area contributed by atoms with Crippen LogP contribution in [0.25, 0.3) is 10.8 Å². The second kappa shape index (κ2) is 6.62. The topological polar surface area (TPSA) is 85.2 Å². The summed E-state index contributed by atoms with van der Waals surface area (Å²) < 4.78 is 5.63. The van der Waals surface area contributed by atoms with E-state index in [1.807, 2.05) is 29.3 Å². The third-order valence-electron chi connectivity index (χ3n) is 3.01. The van der Waals surface area contributed by atoms with Crippen LogP contribution >= 0.6 is 11.3 Å². The van der Waals surface area contributed by atoms with Gasteiger partial charge in [0.2, 0.25) is 11.8 Å². The number of carbonyl (C=O) groups excluding carboxylic acids is 1. The van der Waals surface area contributed by atoms with Crippen molar-refractivity contribution >= 4 is 17.2 Å². The summed E-state index contributed by atoms with van der Waals surface area (Å²) in [7, 11) is 0. The van der Waals surface area contributed by atoms with E-state index >= 15 is 0 Å². The quantitative estimate of drug-likeness (QED) is 0.842. The van der Waals surface area contributed by atoms with Crippen LogP contribution in [0, 0.1) is 0 Å². The predicted octanol–water partition coefficient (Wildman–Crippen LogP) is 1.88. The van der Waals surface area contributed by atoms with Gasteiger partial charge in [-0.15, -0.1) is 21.5 Å². The first-order chi connectivity index (χ1) is 9.61. The Kier molecular flexibility index (Phi) is 4.86. The van der Waals surface area contributed by atoms with Crippen LogP contribution in [-0.4, -0.2) is 33.6 Å². The van der Waals surface area contributed by atoms with Gasteiger partial charge in [0.25, 0.3) is 5.89 Å². The van der Waals surface area contributed by atoms with E-state index in [9.17, 15) is 4.79 Å². The number of amides is 1. The standard InChI is InChI=1S/C13H18N4O2S/c1-3-6-17(9(2)12(14)18)8-11-15-16-13(19-11)10-5-4-7-20-10/h4-5,7,9H,3,6,8H2,1-2H3,(H2,14,18)/t9-/m1/s1. The lowest BCUT2D eigenvalue weighted by Gasteiger charge is -2.24. The molecule has 1 atom stereocenters. The van der Waals surface area contributed by atoms with Crippen LogP contribution in [0.4, 0.5) is 0 Å². The molecular formula is C13H18N4O2S. The molecular weight excluding hydrogens is 276 g/mol. The molecule has 0 saturated carbocycles. The molecule has 0 radical (unpaired) electrons. The van der Waals surface area contributed by atoms with Gasteiger partial charge in [-0.1, -0.05) is 13.0 Å². The van der Waals surface area contributed by atoms with Crippen LogP contribution in [0.5, 0.6) is 0 Å². The lowest BCUT2D eigenvalue weighted by atomic mass is 10.2. The van der Waals surface area contributed by atoms with Crippen molar-refractivity contribution in [1.29, 1.82) is 0 Å². The molecule has 0 aliphatic heterocycles. The van der Waals surface area contributed by atoms with Gasteiger partial charge in [0.15, 0.2) is 0 Å². The van der Waals surface area contributed by atoms with Gasteiger partial charge in [-0.2, -0.15) is 0 Å². The van der Waals surface area contributed by atoms with E-state index in [4.69, 9.17) is 10.2 Å². The highest BCUT2D eigenvalue weighted by Crippen LogP contribution is 2.23. The maximum Gasteiger partial charge on any atom is 0.257 e. The van der Waals surface area contributed by atoms with E-state index < -0.39 is 0 Å². The van der Waals surface area contributed by atoms with E-state index in [1.165, 1.54) is 0 Å². The van der Waals surface area contributed by atoms with Crippen LogP contribution in [0.1, 0.15) is 26.2 Å². The van der Waals surface area contributed by atoms with Crippen molar-refractivity contribution in [3.63, 3.8) is 0 Å². The molecule has 20 heavy (non-hydrogen) atoms. The third kappa shape index (κ3) is 3.43.